The number of nitrogens with zero attached hydrogens (tertiary/aromatic N) is 2. The molecular weight excluding hydrogens is 262 g/mol. The molecule has 5 nitrogen and oxygen atoms in total. The number of para-hydroxylation sites is 1. The SMILES string of the molecule is CNCc1nn(CCCS(C)(=O)=O)c2ccccc12. The van der Waals surface area contributed by atoms with E-state index in [0.717, 1.165) is 16.6 Å². The highest BCUT2D eigenvalue weighted by Gasteiger charge is 2.10. The summed E-state index contributed by atoms with van der Waals surface area (Å²) in [6.45, 7) is 1.33. The third kappa shape index (κ3) is 3.54. The molecule has 0 aliphatic heterocycles. The molecular formula is C13H19N3O2S. The molecule has 0 bridgehead atoms. The van der Waals surface area contributed by atoms with Crippen LogP contribution in [0.15, 0.2) is 24.3 Å². The molecule has 0 aliphatic rings. The number of nitrogens with one attached hydrogen (secondary N) is 1. The van der Waals surface area contributed by atoms with Crippen molar-refractivity contribution in [1.82, 2.24) is 15.1 Å². The van der Waals surface area contributed by atoms with Crippen LogP contribution >= 0.6 is 0 Å². The summed E-state index contributed by atoms with van der Waals surface area (Å²) in [5.74, 6) is 0.197. The Kier molecular flexibility index (Phi) is 4.21. The molecule has 19 heavy (non-hydrogen) atoms. The van der Waals surface area contributed by atoms with E-state index >= 15 is 0 Å². The van der Waals surface area contributed by atoms with Crippen LogP contribution < -0.4 is 5.32 Å². The van der Waals surface area contributed by atoms with Crippen LogP contribution in [0.4, 0.5) is 0 Å². The first kappa shape index (κ1) is 14.0. The molecule has 104 valence electrons. The highest BCUT2D eigenvalue weighted by molar-refractivity contribution is 7.90. The second-order valence-corrected chi connectivity index (χ2v) is 6.96. The van der Waals surface area contributed by atoms with Crippen molar-refractivity contribution >= 4 is 20.7 Å². The number of rotatable bonds is 6. The van der Waals surface area contributed by atoms with Crippen LogP contribution in [0.2, 0.25) is 0 Å². The van der Waals surface area contributed by atoms with E-state index in [-0.39, 0.29) is 5.75 Å². The lowest BCUT2D eigenvalue weighted by molar-refractivity contribution is 0.579. The summed E-state index contributed by atoms with van der Waals surface area (Å²) in [5, 5.41) is 8.78. The highest BCUT2D eigenvalue weighted by atomic mass is 32.2. The maximum atomic E-state index is 11.2. The van der Waals surface area contributed by atoms with Crippen molar-refractivity contribution in [3.8, 4) is 0 Å². The van der Waals surface area contributed by atoms with E-state index in [9.17, 15) is 8.42 Å². The lowest BCUT2D eigenvalue weighted by Gasteiger charge is -2.02. The van der Waals surface area contributed by atoms with Crippen molar-refractivity contribution in [2.24, 2.45) is 0 Å². The van der Waals surface area contributed by atoms with Crippen LogP contribution in [-0.2, 0) is 22.9 Å². The van der Waals surface area contributed by atoms with Crippen LogP contribution in [0.5, 0.6) is 0 Å². The summed E-state index contributed by atoms with van der Waals surface area (Å²) in [4.78, 5) is 0. The Morgan fingerprint density at radius 2 is 2.05 bits per heavy atom. The summed E-state index contributed by atoms with van der Waals surface area (Å²) in [6, 6.07) is 8.02. The topological polar surface area (TPSA) is 64.0 Å². The van der Waals surface area contributed by atoms with Gasteiger partial charge in [0.15, 0.2) is 0 Å². The first-order chi connectivity index (χ1) is 9.01. The monoisotopic (exact) mass is 281 g/mol. The molecule has 1 N–H and O–H groups in total. The Morgan fingerprint density at radius 3 is 2.74 bits per heavy atom. The Labute approximate surface area is 113 Å². The second-order valence-electron chi connectivity index (χ2n) is 4.70. The average molecular weight is 281 g/mol. The van der Waals surface area contributed by atoms with Crippen LogP contribution in [0.3, 0.4) is 0 Å². The van der Waals surface area contributed by atoms with E-state index in [2.05, 4.69) is 10.4 Å². The first-order valence-electron chi connectivity index (χ1n) is 6.28. The van der Waals surface area contributed by atoms with Crippen molar-refractivity contribution in [3.05, 3.63) is 30.0 Å². The van der Waals surface area contributed by atoms with Gasteiger partial charge in [-0.25, -0.2) is 8.42 Å². The smallest absolute Gasteiger partial charge is 0.147 e. The van der Waals surface area contributed by atoms with Crippen LogP contribution in [0, 0.1) is 0 Å². The zero-order valence-electron chi connectivity index (χ0n) is 11.3. The summed E-state index contributed by atoms with van der Waals surface area (Å²) < 4.78 is 24.2. The molecule has 0 atom stereocenters. The minimum Gasteiger partial charge on any atom is -0.314 e. The van der Waals surface area contributed by atoms with E-state index in [0.29, 0.717) is 19.5 Å². The van der Waals surface area contributed by atoms with Crippen molar-refractivity contribution in [3.63, 3.8) is 0 Å². The van der Waals surface area contributed by atoms with E-state index in [1.54, 1.807) is 0 Å². The fraction of sp³-hybridized carbons (Fsp3) is 0.462. The van der Waals surface area contributed by atoms with Gasteiger partial charge in [0.1, 0.15) is 9.84 Å². The Bertz CT molecular complexity index is 662. The molecule has 0 amide bonds. The number of aromatic nitrogens is 2. The molecule has 0 spiro atoms. The van der Waals surface area contributed by atoms with Crippen LogP contribution in [0.1, 0.15) is 12.1 Å². The van der Waals surface area contributed by atoms with Crippen molar-refractivity contribution in [1.29, 1.82) is 0 Å². The predicted octanol–water partition coefficient (Wildman–Crippen LogP) is 1.19. The summed E-state index contributed by atoms with van der Waals surface area (Å²) in [5.41, 5.74) is 2.05. The largest absolute Gasteiger partial charge is 0.314 e. The van der Waals surface area contributed by atoms with Gasteiger partial charge >= 0.3 is 0 Å². The van der Waals surface area contributed by atoms with Gasteiger partial charge in [0.05, 0.1) is 17.0 Å². The number of hydrogen-bond donors (Lipinski definition) is 1. The zero-order valence-corrected chi connectivity index (χ0v) is 12.1. The van der Waals surface area contributed by atoms with E-state index < -0.39 is 9.84 Å². The molecule has 0 unspecified atom stereocenters. The van der Waals surface area contributed by atoms with Gasteiger partial charge in [0.2, 0.25) is 0 Å². The van der Waals surface area contributed by atoms with Crippen molar-refractivity contribution in [2.75, 3.05) is 19.1 Å². The molecule has 0 saturated heterocycles. The van der Waals surface area contributed by atoms with Crippen LogP contribution in [0.25, 0.3) is 10.9 Å². The van der Waals surface area contributed by atoms with Crippen LogP contribution in [-0.4, -0.2) is 37.3 Å². The van der Waals surface area contributed by atoms with Gasteiger partial charge in [0.25, 0.3) is 0 Å². The fourth-order valence-electron chi connectivity index (χ4n) is 2.14. The highest BCUT2D eigenvalue weighted by Crippen LogP contribution is 2.18. The lowest BCUT2D eigenvalue weighted by Crippen LogP contribution is -2.10. The van der Waals surface area contributed by atoms with Crippen molar-refractivity contribution in [2.45, 2.75) is 19.5 Å². The molecule has 2 aromatic rings. The van der Waals surface area contributed by atoms with Gasteiger partial charge < -0.3 is 5.32 Å². The third-order valence-corrected chi connectivity index (χ3v) is 3.99. The number of hydrogen-bond acceptors (Lipinski definition) is 4. The Balaban J connectivity index is 2.23. The summed E-state index contributed by atoms with van der Waals surface area (Å²) in [7, 11) is -1.02. The molecule has 2 rings (SSSR count). The first-order valence-corrected chi connectivity index (χ1v) is 8.34. The minimum atomic E-state index is -2.90. The van der Waals surface area contributed by atoms with E-state index in [1.165, 1.54) is 6.26 Å². The molecule has 0 aliphatic carbocycles. The molecule has 6 heteroatoms. The van der Waals surface area contributed by atoms with Gasteiger partial charge in [-0.05, 0) is 19.5 Å². The van der Waals surface area contributed by atoms with E-state index in [4.69, 9.17) is 0 Å². The second kappa shape index (κ2) is 5.71. The number of fused-ring (bicyclic) bond motifs is 1. The maximum absolute atomic E-state index is 11.2. The third-order valence-electron chi connectivity index (χ3n) is 2.96. The fourth-order valence-corrected chi connectivity index (χ4v) is 2.79. The van der Waals surface area contributed by atoms with Gasteiger partial charge in [-0.3, -0.25) is 4.68 Å². The Morgan fingerprint density at radius 1 is 1.32 bits per heavy atom. The number of aryl methyl sites for hydroxylation is 1. The minimum absolute atomic E-state index is 0.197. The normalized spacial score (nSPS) is 12.1. The van der Waals surface area contributed by atoms with Gasteiger partial charge in [0, 0.05) is 24.7 Å². The molecule has 1 aromatic heterocycles. The quantitative estimate of drug-likeness (QED) is 0.864. The summed E-state index contributed by atoms with van der Waals surface area (Å²) >= 11 is 0. The van der Waals surface area contributed by atoms with Gasteiger partial charge in [-0.2, -0.15) is 5.10 Å². The average Bonchev–Trinajstić information content (AvgIpc) is 2.68. The molecule has 0 radical (unpaired) electrons. The standard InChI is InChI=1S/C13H19N3O2S/c1-14-10-12-11-6-3-4-7-13(11)16(15-12)8-5-9-19(2,17)18/h3-4,6-7,14H,5,8-10H2,1-2H3. The number of sulfone groups is 1. The maximum Gasteiger partial charge on any atom is 0.147 e. The number of benzene rings is 1. The summed E-state index contributed by atoms with van der Waals surface area (Å²) in [6.07, 6.45) is 1.85. The zero-order chi connectivity index (χ0) is 13.9. The molecule has 1 heterocycles. The predicted molar refractivity (Wildman–Crippen MR) is 76.8 cm³/mol. The Hall–Kier alpha value is -1.40. The van der Waals surface area contributed by atoms with Gasteiger partial charge in [-0.1, -0.05) is 18.2 Å². The lowest BCUT2D eigenvalue weighted by atomic mass is 10.2. The molecule has 0 fully saturated rings. The van der Waals surface area contributed by atoms with Gasteiger partial charge in [-0.15, -0.1) is 0 Å². The van der Waals surface area contributed by atoms with E-state index in [1.807, 2.05) is 36.0 Å². The van der Waals surface area contributed by atoms with Crippen molar-refractivity contribution < 1.29 is 8.42 Å². The molecule has 1 aromatic carbocycles. The molecule has 0 saturated carbocycles.